The zero-order chi connectivity index (χ0) is 61.1. The number of halogens is 3. The monoisotopic (exact) mass is 1190 g/mol. The van der Waals surface area contributed by atoms with Gasteiger partial charge in [0.2, 0.25) is 0 Å². The highest BCUT2D eigenvalue weighted by Gasteiger charge is 2.39. The highest BCUT2D eigenvalue weighted by Crippen LogP contribution is 2.36. The van der Waals surface area contributed by atoms with Crippen LogP contribution < -0.4 is 41.7 Å². The average molecular weight is 1190 g/mol. The molecule has 0 radical (unpaired) electrons. The first-order valence-corrected chi connectivity index (χ1v) is 29.6. The van der Waals surface area contributed by atoms with Gasteiger partial charge >= 0.3 is 24.3 Å². The molecular weight excluding hydrogens is 1120 g/mol. The summed E-state index contributed by atoms with van der Waals surface area (Å²) in [5.41, 5.74) is 11.1. The molecule has 2 unspecified atom stereocenters. The first-order chi connectivity index (χ1) is 39.0. The first-order valence-electron chi connectivity index (χ1n) is 26.1. The SMILES string of the molecule is CN(CCN)c1ccc(Nc2cc(NC3CC3)n3ncc(C#N)c3n2)cc1CS(C)=O.CN(CCNC(=O)OC(C)(C)C)c1ccc(Nc2cc(N(C(=O)OC(C)(C)C)C3CC3)n3ncc(C#N)c3n2)cc1CS(C)=O.O=C(O)C(F)(F)F. The first kappa shape index (κ1) is 63.9. The number of nitrogens with two attached hydrogens (primary N) is 1. The molecule has 24 nitrogen and oxygen atoms in total. The van der Waals surface area contributed by atoms with Crippen molar-refractivity contribution in [3.05, 3.63) is 83.2 Å². The molecule has 2 fully saturated rings. The molecule has 0 bridgehead atoms. The summed E-state index contributed by atoms with van der Waals surface area (Å²) < 4.78 is 70.2. The Hall–Kier alpha value is -8.28. The molecule has 2 saturated carbocycles. The van der Waals surface area contributed by atoms with Crippen LogP contribution in [0, 0.1) is 22.7 Å². The molecule has 6 aromatic rings. The fourth-order valence-corrected chi connectivity index (χ4v) is 9.43. The number of hydrogen-bond donors (Lipinski definition) is 6. The smallest absolute Gasteiger partial charge is 0.475 e. The highest BCUT2D eigenvalue weighted by atomic mass is 32.2. The molecule has 0 saturated heterocycles. The Morgan fingerprint density at radius 3 is 1.69 bits per heavy atom. The number of aliphatic carboxylic acids is 1. The Bertz CT molecular complexity index is 3450. The van der Waals surface area contributed by atoms with Gasteiger partial charge in [0, 0.05) is 121 Å². The average Bonchev–Trinajstić information content (AvgIpc) is 3.31. The second kappa shape index (κ2) is 27.2. The summed E-state index contributed by atoms with van der Waals surface area (Å²) in [6.07, 6.45) is 4.09. The zero-order valence-electron chi connectivity index (χ0n) is 47.8. The van der Waals surface area contributed by atoms with E-state index in [-0.39, 0.29) is 11.6 Å². The lowest BCUT2D eigenvalue weighted by Gasteiger charge is -2.28. The summed E-state index contributed by atoms with van der Waals surface area (Å²) in [7, 11) is 1.77. The number of fused-ring (bicyclic) bond motifs is 2. The van der Waals surface area contributed by atoms with E-state index in [1.165, 1.54) is 16.9 Å². The maximum Gasteiger partial charge on any atom is 0.490 e. The molecule has 0 spiro atoms. The summed E-state index contributed by atoms with van der Waals surface area (Å²) >= 11 is 0. The number of carboxylic acid groups (broad SMARTS) is 1. The second-order valence-electron chi connectivity index (χ2n) is 21.6. The standard InChI is InChI=1S/C31H42N8O5S.C21H26N8OS.C2HF3O2/c1-30(2,3)43-28(40)33-13-14-37(7)24-12-9-22(15-20(24)19-45(8)42)35-25-16-26(39-27(36-25)21(17-32)18-34-39)38(23-10-11-23)29(41)44-31(4,5)6;1-28(8-7-22)18-6-5-17(9-14(18)13-31(2)30)25-19-10-20(26-16-3-4-16)29-21(27-19)15(11-23)12-24-29;3-2(4,5)1(6)7/h9,12,15-16,18,23H,10-11,13-14,19H2,1-8H3,(H,33,40)(H,35,36);5-6,9-10,12,16,26H,3-4,7-8,13,22H2,1-2H3,(H,25,27);(H,6,7). The number of nitriles is 2. The Morgan fingerprint density at radius 1 is 0.759 bits per heavy atom. The van der Waals surface area contributed by atoms with Crippen LogP contribution in [-0.2, 0) is 47.4 Å². The van der Waals surface area contributed by atoms with Crippen LogP contribution in [-0.4, -0.2) is 143 Å². The Labute approximate surface area is 483 Å². The number of aromatic nitrogens is 6. The minimum atomic E-state index is -5.08. The van der Waals surface area contributed by atoms with Crippen molar-refractivity contribution < 1.29 is 50.6 Å². The number of nitrogens with one attached hydrogen (secondary N) is 4. The predicted octanol–water partition coefficient (Wildman–Crippen LogP) is 7.91. The van der Waals surface area contributed by atoms with Crippen LogP contribution >= 0.6 is 0 Å². The molecule has 2 aliphatic carbocycles. The molecule has 4 aromatic heterocycles. The Balaban J connectivity index is 0.000000251. The molecule has 7 N–H and O–H groups in total. The van der Waals surface area contributed by atoms with Gasteiger partial charge in [0.1, 0.15) is 57.7 Å². The molecular formula is C54H69F3N16O8S2. The summed E-state index contributed by atoms with van der Waals surface area (Å²) in [5.74, 6) is 0.237. The topological polar surface area (TPSA) is 316 Å². The van der Waals surface area contributed by atoms with Gasteiger partial charge in [-0.15, -0.1) is 0 Å². The predicted molar refractivity (Wildman–Crippen MR) is 312 cm³/mol. The number of likely N-dealkylation sites (N-methyl/N-ethyl adjacent to an activating group) is 2. The van der Waals surface area contributed by atoms with Gasteiger partial charge in [0.15, 0.2) is 11.3 Å². The number of hydrogen-bond acceptors (Lipinski definition) is 19. The van der Waals surface area contributed by atoms with E-state index in [2.05, 4.69) is 58.5 Å². The number of rotatable bonds is 19. The molecule has 2 aliphatic rings. The largest absolute Gasteiger partial charge is 0.490 e. The maximum absolute atomic E-state index is 13.3. The number of benzene rings is 2. The van der Waals surface area contributed by atoms with Gasteiger partial charge in [-0.1, -0.05) is 0 Å². The number of alkyl halides is 3. The van der Waals surface area contributed by atoms with Crippen molar-refractivity contribution in [1.29, 1.82) is 10.5 Å². The number of ether oxygens (including phenoxy) is 2. The number of carboxylic acids is 1. The van der Waals surface area contributed by atoms with Crippen molar-refractivity contribution in [3.63, 3.8) is 0 Å². The lowest BCUT2D eigenvalue weighted by atomic mass is 10.1. The highest BCUT2D eigenvalue weighted by molar-refractivity contribution is 7.83. The van der Waals surface area contributed by atoms with Crippen LogP contribution in [0.2, 0.25) is 0 Å². The van der Waals surface area contributed by atoms with E-state index in [0.717, 1.165) is 59.7 Å². The lowest BCUT2D eigenvalue weighted by Crippen LogP contribution is -2.39. The fraction of sp³-hybridized carbons (Fsp3) is 0.463. The van der Waals surface area contributed by atoms with Gasteiger partial charge < -0.3 is 51.4 Å². The molecule has 0 aliphatic heterocycles. The molecule has 29 heteroatoms. The van der Waals surface area contributed by atoms with E-state index in [9.17, 15) is 41.7 Å². The number of anilines is 8. The molecule has 2 atom stereocenters. The van der Waals surface area contributed by atoms with Gasteiger partial charge in [-0.25, -0.2) is 24.4 Å². The molecule has 83 heavy (non-hydrogen) atoms. The van der Waals surface area contributed by atoms with Crippen LogP contribution in [0.4, 0.5) is 68.8 Å². The van der Waals surface area contributed by atoms with Crippen molar-refractivity contribution >= 4 is 97.1 Å². The number of carbonyl (C=O) groups is 3. The van der Waals surface area contributed by atoms with Gasteiger partial charge in [0.05, 0.1) is 23.9 Å². The third kappa shape index (κ3) is 18.6. The number of carbonyl (C=O) groups excluding carboxylic acids is 2. The van der Waals surface area contributed by atoms with Gasteiger partial charge in [-0.2, -0.15) is 42.9 Å². The van der Waals surface area contributed by atoms with Crippen LogP contribution in [0.15, 0.2) is 60.9 Å². The molecule has 2 aromatic carbocycles. The van der Waals surface area contributed by atoms with E-state index < -0.39 is 57.1 Å². The number of nitrogens with zero attached hydrogens (tertiary/aromatic N) is 11. The summed E-state index contributed by atoms with van der Waals surface area (Å²) in [4.78, 5) is 49.2. The minimum absolute atomic E-state index is 0.0567. The zero-order valence-corrected chi connectivity index (χ0v) is 49.4. The van der Waals surface area contributed by atoms with Crippen LogP contribution in [0.25, 0.3) is 11.3 Å². The third-order valence-electron chi connectivity index (χ3n) is 11.9. The summed E-state index contributed by atoms with van der Waals surface area (Å²) in [5, 5.41) is 47.8. The van der Waals surface area contributed by atoms with Gasteiger partial charge in [-0.05, 0) is 115 Å². The van der Waals surface area contributed by atoms with Gasteiger partial charge in [-0.3, -0.25) is 13.3 Å². The number of amides is 2. The summed E-state index contributed by atoms with van der Waals surface area (Å²) in [6, 6.07) is 19.9. The van der Waals surface area contributed by atoms with Crippen molar-refractivity contribution in [2.45, 2.75) is 108 Å². The molecule has 446 valence electrons. The van der Waals surface area contributed by atoms with E-state index in [4.69, 9.17) is 25.1 Å². The molecule has 4 heterocycles. The quantitative estimate of drug-likeness (QED) is 0.0448. The summed E-state index contributed by atoms with van der Waals surface area (Å²) in [6.45, 7) is 13.0. The normalized spacial score (nSPS) is 13.8. The Kier molecular flexibility index (Phi) is 20.9. The molecule has 2 amide bonds. The molecule has 8 rings (SSSR count). The van der Waals surface area contributed by atoms with Gasteiger partial charge in [0.25, 0.3) is 0 Å². The van der Waals surface area contributed by atoms with Crippen LogP contribution in [0.5, 0.6) is 0 Å². The lowest BCUT2D eigenvalue weighted by molar-refractivity contribution is -0.192. The van der Waals surface area contributed by atoms with E-state index in [1.807, 2.05) is 103 Å². The van der Waals surface area contributed by atoms with Crippen LogP contribution in [0.1, 0.15) is 89.5 Å². The van der Waals surface area contributed by atoms with Crippen molar-refractivity contribution in [3.8, 4) is 12.1 Å². The van der Waals surface area contributed by atoms with E-state index in [0.29, 0.717) is 83.7 Å². The van der Waals surface area contributed by atoms with Crippen molar-refractivity contribution in [1.82, 2.24) is 34.5 Å². The van der Waals surface area contributed by atoms with E-state index in [1.54, 1.807) is 28.0 Å². The van der Waals surface area contributed by atoms with E-state index >= 15 is 0 Å². The fourth-order valence-electron chi connectivity index (χ4n) is 8.09. The van der Waals surface area contributed by atoms with Crippen molar-refractivity contribution in [2.24, 2.45) is 5.73 Å². The maximum atomic E-state index is 13.3. The third-order valence-corrected chi connectivity index (χ3v) is 13.3. The Morgan fingerprint density at radius 2 is 1.24 bits per heavy atom. The minimum Gasteiger partial charge on any atom is -0.475 e. The van der Waals surface area contributed by atoms with Crippen molar-refractivity contribution in [2.75, 3.05) is 83.4 Å². The second-order valence-corrected chi connectivity index (χ2v) is 24.4. The number of alkyl carbamates (subject to hydrolysis) is 1. The van der Waals surface area contributed by atoms with Crippen LogP contribution in [0.3, 0.4) is 0 Å².